The van der Waals surface area contributed by atoms with Crippen LogP contribution in [0.4, 0.5) is 11.5 Å². The molecule has 0 radical (unpaired) electrons. The number of anilines is 1. The number of nitrogen functional groups attached to an aromatic ring is 1. The molecule has 0 amide bonds. The number of non-ortho nitro benzene ring substituents is 1. The van der Waals surface area contributed by atoms with Crippen LogP contribution in [0.3, 0.4) is 0 Å². The van der Waals surface area contributed by atoms with Gasteiger partial charge < -0.3 is 15.2 Å². The van der Waals surface area contributed by atoms with Crippen molar-refractivity contribution < 1.29 is 14.4 Å². The Kier molecular flexibility index (Phi) is 3.99. The number of hydrogen-bond acceptors (Lipinski definition) is 7. The second kappa shape index (κ2) is 5.70. The van der Waals surface area contributed by atoms with E-state index in [0.717, 1.165) is 0 Å². The van der Waals surface area contributed by atoms with Gasteiger partial charge >= 0.3 is 6.01 Å². The number of aromatic nitrogens is 2. The first kappa shape index (κ1) is 14.0. The standard InChI is InChI=1S/C11H9BrN4O4/c1-19-8-4-6(16(17)18)2-3-7(8)20-11-14-9(12)5-10(13)15-11/h2-5H,1H3,(H2,13,14,15). The molecule has 0 saturated carbocycles. The van der Waals surface area contributed by atoms with Gasteiger partial charge in [-0.05, 0) is 22.0 Å². The molecule has 0 aliphatic carbocycles. The molecule has 0 fully saturated rings. The molecule has 2 aromatic rings. The van der Waals surface area contributed by atoms with Gasteiger partial charge in [0, 0.05) is 12.1 Å². The number of halogens is 1. The van der Waals surface area contributed by atoms with Gasteiger partial charge in [-0.3, -0.25) is 10.1 Å². The summed E-state index contributed by atoms with van der Waals surface area (Å²) < 4.78 is 10.9. The lowest BCUT2D eigenvalue weighted by Gasteiger charge is -2.09. The third-order valence-electron chi connectivity index (χ3n) is 2.25. The molecule has 0 saturated heterocycles. The van der Waals surface area contributed by atoms with E-state index in [1.165, 1.54) is 31.4 Å². The Labute approximate surface area is 121 Å². The molecule has 9 heteroatoms. The maximum atomic E-state index is 10.7. The topological polar surface area (TPSA) is 113 Å². The number of ether oxygens (including phenoxy) is 2. The van der Waals surface area contributed by atoms with Gasteiger partial charge in [0.2, 0.25) is 0 Å². The number of nitrogens with zero attached hydrogens (tertiary/aromatic N) is 3. The zero-order chi connectivity index (χ0) is 14.7. The first-order valence-electron chi connectivity index (χ1n) is 5.30. The van der Waals surface area contributed by atoms with Crippen LogP contribution < -0.4 is 15.2 Å². The molecule has 1 aromatic carbocycles. The molecule has 0 aliphatic heterocycles. The third-order valence-corrected chi connectivity index (χ3v) is 2.66. The molecular formula is C11H9BrN4O4. The minimum absolute atomic E-state index is 0.00373. The van der Waals surface area contributed by atoms with Gasteiger partial charge in [-0.2, -0.15) is 9.97 Å². The van der Waals surface area contributed by atoms with Crippen LogP contribution >= 0.6 is 15.9 Å². The van der Waals surface area contributed by atoms with Crippen molar-refractivity contribution in [3.05, 3.63) is 39.0 Å². The predicted molar refractivity (Wildman–Crippen MR) is 73.9 cm³/mol. The summed E-state index contributed by atoms with van der Waals surface area (Å²) >= 11 is 3.16. The molecule has 1 heterocycles. The van der Waals surface area contributed by atoms with Gasteiger partial charge in [-0.1, -0.05) is 0 Å². The summed E-state index contributed by atoms with van der Waals surface area (Å²) in [4.78, 5) is 18.0. The van der Waals surface area contributed by atoms with Crippen molar-refractivity contribution in [1.82, 2.24) is 9.97 Å². The summed E-state index contributed by atoms with van der Waals surface area (Å²) in [6, 6.07) is 5.46. The van der Waals surface area contributed by atoms with Crippen molar-refractivity contribution in [2.75, 3.05) is 12.8 Å². The number of nitro benzene ring substituents is 1. The fraction of sp³-hybridized carbons (Fsp3) is 0.0909. The van der Waals surface area contributed by atoms with E-state index in [1.807, 2.05) is 0 Å². The number of methoxy groups -OCH3 is 1. The van der Waals surface area contributed by atoms with Gasteiger partial charge in [0.15, 0.2) is 11.5 Å². The molecule has 0 atom stereocenters. The van der Waals surface area contributed by atoms with Crippen LogP contribution in [0.5, 0.6) is 17.5 Å². The summed E-state index contributed by atoms with van der Waals surface area (Å²) in [6.45, 7) is 0. The average molecular weight is 341 g/mol. The van der Waals surface area contributed by atoms with Crippen LogP contribution in [-0.2, 0) is 0 Å². The quantitative estimate of drug-likeness (QED) is 0.516. The molecule has 1 aromatic heterocycles. The van der Waals surface area contributed by atoms with Gasteiger partial charge in [0.1, 0.15) is 10.4 Å². The highest BCUT2D eigenvalue weighted by atomic mass is 79.9. The first-order chi connectivity index (χ1) is 9.49. The third kappa shape index (κ3) is 3.12. The van der Waals surface area contributed by atoms with Crippen molar-refractivity contribution in [3.63, 3.8) is 0 Å². The van der Waals surface area contributed by atoms with Gasteiger partial charge in [0.25, 0.3) is 5.69 Å². The molecular weight excluding hydrogens is 332 g/mol. The number of rotatable bonds is 4. The normalized spacial score (nSPS) is 10.1. The smallest absolute Gasteiger partial charge is 0.325 e. The number of benzene rings is 1. The van der Waals surface area contributed by atoms with Crippen LogP contribution in [-0.4, -0.2) is 22.0 Å². The van der Waals surface area contributed by atoms with Crippen LogP contribution in [0.15, 0.2) is 28.9 Å². The van der Waals surface area contributed by atoms with Crippen molar-refractivity contribution >= 4 is 27.4 Å². The predicted octanol–water partition coefficient (Wildman–Crippen LogP) is 2.53. The van der Waals surface area contributed by atoms with E-state index >= 15 is 0 Å². The van der Waals surface area contributed by atoms with Gasteiger partial charge in [-0.25, -0.2) is 0 Å². The fourth-order valence-corrected chi connectivity index (χ4v) is 1.80. The van der Waals surface area contributed by atoms with E-state index in [-0.39, 0.29) is 29.0 Å². The Morgan fingerprint density at radius 2 is 2.05 bits per heavy atom. The van der Waals surface area contributed by atoms with Crippen LogP contribution in [0, 0.1) is 10.1 Å². The number of nitro groups is 1. The SMILES string of the molecule is COc1cc([N+](=O)[O-])ccc1Oc1nc(N)cc(Br)n1. The first-order valence-corrected chi connectivity index (χ1v) is 6.09. The molecule has 0 aliphatic rings. The Morgan fingerprint density at radius 3 is 2.65 bits per heavy atom. The molecule has 2 rings (SSSR count). The molecule has 0 spiro atoms. The van der Waals surface area contributed by atoms with E-state index in [1.54, 1.807) is 0 Å². The van der Waals surface area contributed by atoms with Crippen molar-refractivity contribution in [1.29, 1.82) is 0 Å². The molecule has 8 nitrogen and oxygen atoms in total. The molecule has 20 heavy (non-hydrogen) atoms. The average Bonchev–Trinajstić information content (AvgIpc) is 2.37. The van der Waals surface area contributed by atoms with Gasteiger partial charge in [-0.15, -0.1) is 0 Å². The van der Waals surface area contributed by atoms with Crippen molar-refractivity contribution in [3.8, 4) is 17.5 Å². The van der Waals surface area contributed by atoms with Crippen LogP contribution in [0.1, 0.15) is 0 Å². The summed E-state index contributed by atoms with van der Waals surface area (Å²) in [7, 11) is 1.38. The Balaban J connectivity index is 2.35. The van der Waals surface area contributed by atoms with E-state index in [2.05, 4.69) is 25.9 Å². The maximum absolute atomic E-state index is 10.7. The Bertz CT molecular complexity index is 645. The summed E-state index contributed by atoms with van der Waals surface area (Å²) in [6.07, 6.45) is 0. The maximum Gasteiger partial charge on any atom is 0.325 e. The lowest BCUT2D eigenvalue weighted by molar-refractivity contribution is -0.384. The van der Waals surface area contributed by atoms with Gasteiger partial charge in [0.05, 0.1) is 18.1 Å². The van der Waals surface area contributed by atoms with E-state index in [9.17, 15) is 10.1 Å². The van der Waals surface area contributed by atoms with E-state index < -0.39 is 4.92 Å². The number of nitrogens with two attached hydrogens (primary N) is 1. The highest BCUT2D eigenvalue weighted by molar-refractivity contribution is 9.10. The Hall–Kier alpha value is -2.42. The molecule has 0 bridgehead atoms. The fourth-order valence-electron chi connectivity index (χ4n) is 1.41. The van der Waals surface area contributed by atoms with Crippen LogP contribution in [0.2, 0.25) is 0 Å². The highest BCUT2D eigenvalue weighted by Crippen LogP contribution is 2.33. The van der Waals surface area contributed by atoms with Crippen molar-refractivity contribution in [2.45, 2.75) is 0 Å². The highest BCUT2D eigenvalue weighted by Gasteiger charge is 2.14. The summed E-state index contributed by atoms with van der Waals surface area (Å²) in [5.74, 6) is 0.666. The summed E-state index contributed by atoms with van der Waals surface area (Å²) in [5.41, 5.74) is 5.46. The molecule has 2 N–H and O–H groups in total. The lowest BCUT2D eigenvalue weighted by atomic mass is 10.3. The Morgan fingerprint density at radius 1 is 1.30 bits per heavy atom. The zero-order valence-electron chi connectivity index (χ0n) is 10.2. The lowest BCUT2D eigenvalue weighted by Crippen LogP contribution is -1.99. The molecule has 104 valence electrons. The van der Waals surface area contributed by atoms with Crippen LogP contribution in [0.25, 0.3) is 0 Å². The summed E-state index contributed by atoms with van der Waals surface area (Å²) in [5, 5.41) is 10.7. The second-order valence-corrected chi connectivity index (χ2v) is 4.40. The van der Waals surface area contributed by atoms with E-state index in [0.29, 0.717) is 4.60 Å². The minimum Gasteiger partial charge on any atom is -0.493 e. The largest absolute Gasteiger partial charge is 0.493 e. The molecule has 0 unspecified atom stereocenters. The number of hydrogen-bond donors (Lipinski definition) is 1. The minimum atomic E-state index is -0.528. The zero-order valence-corrected chi connectivity index (χ0v) is 11.8. The van der Waals surface area contributed by atoms with E-state index in [4.69, 9.17) is 15.2 Å². The van der Waals surface area contributed by atoms with Crippen molar-refractivity contribution in [2.24, 2.45) is 0 Å². The monoisotopic (exact) mass is 340 g/mol. The second-order valence-electron chi connectivity index (χ2n) is 3.59.